The third-order valence-corrected chi connectivity index (χ3v) is 7.55. The lowest BCUT2D eigenvalue weighted by atomic mass is 9.95. The summed E-state index contributed by atoms with van der Waals surface area (Å²) in [4.78, 5) is 44.9. The van der Waals surface area contributed by atoms with Crippen LogP contribution in [-0.4, -0.2) is 27.6 Å². The van der Waals surface area contributed by atoms with Gasteiger partial charge in [0.25, 0.3) is 5.78 Å². The number of nitrogens with zero attached hydrogens (tertiary/aromatic N) is 2. The Morgan fingerprint density at radius 1 is 1.05 bits per heavy atom. The number of rotatable bonds is 7. The average Bonchev–Trinajstić information content (AvgIpc) is 3.45. The van der Waals surface area contributed by atoms with Crippen molar-refractivity contribution in [1.82, 2.24) is 4.98 Å². The summed E-state index contributed by atoms with van der Waals surface area (Å²) in [5.41, 5.74) is 1.88. The fraction of sp³-hybridized carbons (Fsp3) is 0.133. The molecule has 3 aromatic carbocycles. The second kappa shape index (κ2) is 10.6. The van der Waals surface area contributed by atoms with Gasteiger partial charge in [0.15, 0.2) is 10.9 Å². The molecular weight excluding hydrogens is 519 g/mol. The molecule has 1 unspecified atom stereocenters. The van der Waals surface area contributed by atoms with Crippen LogP contribution in [0.25, 0.3) is 5.76 Å². The van der Waals surface area contributed by atoms with Gasteiger partial charge in [0.1, 0.15) is 23.9 Å². The van der Waals surface area contributed by atoms with E-state index in [9.17, 15) is 23.9 Å². The highest BCUT2D eigenvalue weighted by Crippen LogP contribution is 2.44. The molecule has 1 aromatic heterocycles. The molecule has 1 saturated heterocycles. The Kier molecular flexibility index (Phi) is 7.08. The molecule has 0 bridgehead atoms. The standard InChI is InChI=1S/C30H23FN2O5S/c1-17-28(18(2)34)39-30(32-17)33-25(21-9-6-10-23(15-21)38-16-19-7-4-3-5-8-19)24(27(36)29(33)37)26(35)20-11-13-22(31)14-12-20/h3-15,25,35H,16H2,1-2H3. The number of Topliss-reactive ketones (excluding diaryl/α,β-unsaturated/α-hetero) is 2. The van der Waals surface area contributed by atoms with Gasteiger partial charge < -0.3 is 9.84 Å². The molecule has 9 heteroatoms. The number of ether oxygens (including phenoxy) is 1. The van der Waals surface area contributed by atoms with E-state index in [-0.39, 0.29) is 22.1 Å². The molecule has 0 radical (unpaired) electrons. The average molecular weight is 543 g/mol. The highest BCUT2D eigenvalue weighted by atomic mass is 32.1. The van der Waals surface area contributed by atoms with Crippen molar-refractivity contribution in [2.75, 3.05) is 4.90 Å². The van der Waals surface area contributed by atoms with Crippen LogP contribution in [0.15, 0.2) is 84.4 Å². The molecule has 0 saturated carbocycles. The zero-order valence-electron chi connectivity index (χ0n) is 21.1. The quantitative estimate of drug-likeness (QED) is 0.133. The predicted octanol–water partition coefficient (Wildman–Crippen LogP) is 6.00. The van der Waals surface area contributed by atoms with Gasteiger partial charge in [-0.1, -0.05) is 53.8 Å². The van der Waals surface area contributed by atoms with Gasteiger partial charge in [0.05, 0.1) is 22.2 Å². The van der Waals surface area contributed by atoms with Crippen molar-refractivity contribution in [3.8, 4) is 5.75 Å². The van der Waals surface area contributed by atoms with Crippen LogP contribution in [0.4, 0.5) is 9.52 Å². The van der Waals surface area contributed by atoms with Crippen LogP contribution in [0.3, 0.4) is 0 Å². The molecule has 5 rings (SSSR count). The van der Waals surface area contributed by atoms with Crippen LogP contribution < -0.4 is 9.64 Å². The second-order valence-electron chi connectivity index (χ2n) is 8.99. The predicted molar refractivity (Wildman–Crippen MR) is 145 cm³/mol. The molecule has 1 N–H and O–H groups in total. The summed E-state index contributed by atoms with van der Waals surface area (Å²) in [5, 5.41) is 11.4. The zero-order valence-corrected chi connectivity index (χ0v) is 21.9. The monoisotopic (exact) mass is 542 g/mol. The highest BCUT2D eigenvalue weighted by molar-refractivity contribution is 7.18. The fourth-order valence-electron chi connectivity index (χ4n) is 4.44. The topological polar surface area (TPSA) is 96.8 Å². The lowest BCUT2D eigenvalue weighted by molar-refractivity contribution is -0.132. The molecule has 1 aliphatic heterocycles. The van der Waals surface area contributed by atoms with E-state index in [1.54, 1.807) is 31.2 Å². The molecule has 0 aliphatic carbocycles. The minimum atomic E-state index is -1.07. The van der Waals surface area contributed by atoms with Crippen LogP contribution in [0, 0.1) is 12.7 Å². The number of hydrogen-bond acceptors (Lipinski definition) is 7. The van der Waals surface area contributed by atoms with E-state index < -0.39 is 29.3 Å². The molecule has 4 aromatic rings. The number of thiazole rings is 1. The molecule has 1 amide bonds. The van der Waals surface area contributed by atoms with Gasteiger partial charge in [-0.15, -0.1) is 0 Å². The van der Waals surface area contributed by atoms with Crippen LogP contribution in [0.5, 0.6) is 5.75 Å². The van der Waals surface area contributed by atoms with Crippen LogP contribution in [0.2, 0.25) is 0 Å². The third-order valence-electron chi connectivity index (χ3n) is 6.30. The Morgan fingerprint density at radius 2 is 1.77 bits per heavy atom. The molecule has 1 atom stereocenters. The summed E-state index contributed by atoms with van der Waals surface area (Å²) in [6.07, 6.45) is 0. The number of ketones is 2. The van der Waals surface area contributed by atoms with Crippen LogP contribution in [-0.2, 0) is 16.2 Å². The van der Waals surface area contributed by atoms with Gasteiger partial charge in [-0.3, -0.25) is 19.3 Å². The Morgan fingerprint density at radius 3 is 2.44 bits per heavy atom. The van der Waals surface area contributed by atoms with E-state index in [2.05, 4.69) is 4.98 Å². The SMILES string of the molecule is CC(=O)c1sc(N2C(=O)C(=O)C(=C(O)c3ccc(F)cc3)C2c2cccc(OCc3ccccc3)c2)nc1C. The zero-order chi connectivity index (χ0) is 27.7. The number of carbonyl (C=O) groups excluding carboxylic acids is 3. The summed E-state index contributed by atoms with van der Waals surface area (Å²) in [6.45, 7) is 3.35. The van der Waals surface area contributed by atoms with Gasteiger partial charge in [0, 0.05) is 12.5 Å². The number of benzene rings is 3. The maximum Gasteiger partial charge on any atom is 0.301 e. The van der Waals surface area contributed by atoms with Crippen molar-refractivity contribution < 1.29 is 28.6 Å². The second-order valence-corrected chi connectivity index (χ2v) is 9.97. The van der Waals surface area contributed by atoms with Gasteiger partial charge in [0.2, 0.25) is 0 Å². The van der Waals surface area contributed by atoms with Crippen molar-refractivity contribution in [2.24, 2.45) is 0 Å². The van der Waals surface area contributed by atoms with Gasteiger partial charge in [-0.05, 0) is 54.4 Å². The lowest BCUT2D eigenvalue weighted by Gasteiger charge is -2.23. The van der Waals surface area contributed by atoms with Crippen molar-refractivity contribution in [3.05, 3.63) is 118 Å². The minimum Gasteiger partial charge on any atom is -0.507 e. The number of carbonyl (C=O) groups is 3. The van der Waals surface area contributed by atoms with Gasteiger partial charge in [-0.25, -0.2) is 9.37 Å². The number of amides is 1. The van der Waals surface area contributed by atoms with Crippen LogP contribution >= 0.6 is 11.3 Å². The van der Waals surface area contributed by atoms with Gasteiger partial charge in [-0.2, -0.15) is 0 Å². The summed E-state index contributed by atoms with van der Waals surface area (Å²) < 4.78 is 19.5. The maximum absolute atomic E-state index is 13.6. The largest absolute Gasteiger partial charge is 0.507 e. The first-order chi connectivity index (χ1) is 18.7. The first-order valence-corrected chi connectivity index (χ1v) is 12.9. The molecule has 2 heterocycles. The summed E-state index contributed by atoms with van der Waals surface area (Å²) in [5.74, 6) is -2.51. The maximum atomic E-state index is 13.6. The van der Waals surface area contributed by atoms with Crippen LogP contribution in [0.1, 0.15) is 45.0 Å². The van der Waals surface area contributed by atoms with Crippen molar-refractivity contribution >= 4 is 39.7 Å². The number of hydrogen-bond donors (Lipinski definition) is 1. The molecule has 196 valence electrons. The molecule has 39 heavy (non-hydrogen) atoms. The Labute approximate surface area is 227 Å². The van der Waals surface area contributed by atoms with E-state index in [4.69, 9.17) is 4.74 Å². The normalized spacial score (nSPS) is 16.5. The number of aromatic nitrogens is 1. The van der Waals surface area contributed by atoms with Crippen molar-refractivity contribution in [1.29, 1.82) is 0 Å². The fourth-order valence-corrected chi connectivity index (χ4v) is 5.42. The summed E-state index contributed by atoms with van der Waals surface area (Å²) in [7, 11) is 0. The summed E-state index contributed by atoms with van der Waals surface area (Å²) >= 11 is 0.999. The Balaban J connectivity index is 1.63. The van der Waals surface area contributed by atoms with Crippen molar-refractivity contribution in [2.45, 2.75) is 26.5 Å². The molecule has 0 spiro atoms. The Bertz CT molecular complexity index is 1610. The molecular formula is C30H23FN2O5S. The minimum absolute atomic E-state index is 0.151. The van der Waals surface area contributed by atoms with E-state index in [0.29, 0.717) is 28.5 Å². The van der Waals surface area contributed by atoms with E-state index >= 15 is 0 Å². The smallest absolute Gasteiger partial charge is 0.301 e. The number of halogens is 1. The van der Waals surface area contributed by atoms with Gasteiger partial charge >= 0.3 is 5.91 Å². The first-order valence-electron chi connectivity index (χ1n) is 12.1. The lowest BCUT2D eigenvalue weighted by Crippen LogP contribution is -2.29. The summed E-state index contributed by atoms with van der Waals surface area (Å²) in [6, 6.07) is 20.4. The first kappa shape index (κ1) is 26.0. The number of aryl methyl sites for hydroxylation is 1. The number of anilines is 1. The highest BCUT2D eigenvalue weighted by Gasteiger charge is 2.48. The van der Waals surface area contributed by atoms with E-state index in [0.717, 1.165) is 29.0 Å². The number of aliphatic hydroxyl groups is 1. The Hall–Kier alpha value is -4.63. The van der Waals surface area contributed by atoms with E-state index in [1.165, 1.54) is 24.0 Å². The molecule has 7 nitrogen and oxygen atoms in total. The third kappa shape index (κ3) is 5.08. The molecule has 1 aliphatic rings. The number of aliphatic hydroxyl groups excluding tert-OH is 1. The molecule has 1 fully saturated rings. The van der Waals surface area contributed by atoms with E-state index in [1.807, 2.05) is 30.3 Å². The van der Waals surface area contributed by atoms with Crippen molar-refractivity contribution in [3.63, 3.8) is 0 Å².